The topological polar surface area (TPSA) is 82.1 Å². The van der Waals surface area contributed by atoms with Crippen LogP contribution in [0.1, 0.15) is 26.3 Å². The van der Waals surface area contributed by atoms with Crippen molar-refractivity contribution < 1.29 is 28.6 Å². The number of nitrogens with zero attached hydrogens (tertiary/aromatic N) is 1. The van der Waals surface area contributed by atoms with Gasteiger partial charge in [0.2, 0.25) is 0 Å². The van der Waals surface area contributed by atoms with E-state index in [-0.39, 0.29) is 11.5 Å². The van der Waals surface area contributed by atoms with Crippen LogP contribution in [-0.2, 0) is 14.3 Å². The second-order valence-corrected chi connectivity index (χ2v) is 7.68. The van der Waals surface area contributed by atoms with E-state index < -0.39 is 23.2 Å². The van der Waals surface area contributed by atoms with Crippen molar-refractivity contribution in [3.8, 4) is 11.5 Å². The quantitative estimate of drug-likeness (QED) is 0.292. The van der Waals surface area contributed by atoms with E-state index in [4.69, 9.17) is 14.2 Å². The first kappa shape index (κ1) is 23.0. The molecule has 1 aromatic carbocycles. The Kier molecular flexibility index (Phi) is 8.33. The second-order valence-electron chi connectivity index (χ2n) is 5.83. The van der Waals surface area contributed by atoms with Crippen LogP contribution in [0.15, 0.2) is 34.2 Å². The summed E-state index contributed by atoms with van der Waals surface area (Å²) >= 11 is 4.23. The number of hydrogen-bond acceptors (Lipinski definition) is 7. The second kappa shape index (κ2) is 10.5. The predicted molar refractivity (Wildman–Crippen MR) is 115 cm³/mol. The van der Waals surface area contributed by atoms with Gasteiger partial charge < -0.3 is 14.2 Å². The number of rotatable bonds is 9. The van der Waals surface area contributed by atoms with Crippen LogP contribution >= 0.6 is 27.7 Å². The molecule has 0 spiro atoms. The number of imide groups is 1. The standard InChI is InChI=1S/C20H22BrNO6S/c1-5-8-28-16-11-14(21)13(9-15(16)26-6-2)10-17-18(23)22(20(25)29-17)12(4)19(24)27-7-3/h5,9-12H,1,6-8H2,2-4H3/b17-10+/t12-/m1/s1. The fourth-order valence-corrected chi connectivity index (χ4v) is 3.85. The summed E-state index contributed by atoms with van der Waals surface area (Å²) in [4.78, 5) is 38.1. The summed E-state index contributed by atoms with van der Waals surface area (Å²) in [6, 6.07) is 2.45. The third kappa shape index (κ3) is 5.42. The molecule has 0 radical (unpaired) electrons. The van der Waals surface area contributed by atoms with E-state index in [2.05, 4.69) is 22.5 Å². The summed E-state index contributed by atoms with van der Waals surface area (Å²) in [6.45, 7) is 9.51. The van der Waals surface area contributed by atoms with E-state index in [0.717, 1.165) is 16.7 Å². The van der Waals surface area contributed by atoms with Crippen molar-refractivity contribution in [3.05, 3.63) is 39.7 Å². The highest BCUT2D eigenvalue weighted by Gasteiger charge is 2.41. The maximum atomic E-state index is 12.7. The number of ether oxygens (including phenoxy) is 3. The number of hydrogen-bond donors (Lipinski definition) is 0. The average Bonchev–Trinajstić information content (AvgIpc) is 2.96. The average molecular weight is 484 g/mol. The minimum atomic E-state index is -0.995. The first-order valence-electron chi connectivity index (χ1n) is 8.97. The van der Waals surface area contributed by atoms with E-state index in [1.165, 1.54) is 6.92 Å². The minimum Gasteiger partial charge on any atom is -0.490 e. The normalized spacial score (nSPS) is 16.1. The molecule has 0 N–H and O–H groups in total. The summed E-state index contributed by atoms with van der Waals surface area (Å²) in [5.41, 5.74) is 0.633. The largest absolute Gasteiger partial charge is 0.490 e. The maximum absolute atomic E-state index is 12.7. The Hall–Kier alpha value is -2.26. The Bertz CT molecular complexity index is 854. The van der Waals surface area contributed by atoms with Crippen LogP contribution in [0.25, 0.3) is 6.08 Å². The van der Waals surface area contributed by atoms with Gasteiger partial charge in [0.25, 0.3) is 11.1 Å². The van der Waals surface area contributed by atoms with E-state index >= 15 is 0 Å². The van der Waals surface area contributed by atoms with E-state index in [9.17, 15) is 14.4 Å². The van der Waals surface area contributed by atoms with Crippen LogP contribution in [0.3, 0.4) is 0 Å². The lowest BCUT2D eigenvalue weighted by Crippen LogP contribution is -2.42. The third-order valence-corrected chi connectivity index (χ3v) is 5.42. The molecule has 0 aromatic heterocycles. The summed E-state index contributed by atoms with van der Waals surface area (Å²) in [6.07, 6.45) is 3.20. The molecule has 1 saturated heterocycles. The molecule has 0 aliphatic carbocycles. The third-order valence-electron chi connectivity index (χ3n) is 3.84. The van der Waals surface area contributed by atoms with E-state index in [1.54, 1.807) is 31.2 Å². The van der Waals surface area contributed by atoms with Crippen molar-refractivity contribution in [2.45, 2.75) is 26.8 Å². The molecular formula is C20H22BrNO6S. The van der Waals surface area contributed by atoms with Gasteiger partial charge in [0, 0.05) is 4.47 Å². The Balaban J connectivity index is 2.34. The summed E-state index contributed by atoms with van der Waals surface area (Å²) in [5, 5.41) is -0.520. The van der Waals surface area contributed by atoms with Crippen LogP contribution in [0.4, 0.5) is 4.79 Å². The molecular weight excluding hydrogens is 462 g/mol. The van der Waals surface area contributed by atoms with Gasteiger partial charge in [0.05, 0.1) is 18.1 Å². The number of benzene rings is 1. The highest BCUT2D eigenvalue weighted by Crippen LogP contribution is 2.38. The molecule has 1 fully saturated rings. The van der Waals surface area contributed by atoms with Crippen LogP contribution in [-0.4, -0.2) is 47.9 Å². The van der Waals surface area contributed by atoms with Gasteiger partial charge in [-0.2, -0.15) is 0 Å². The number of esters is 1. The molecule has 0 saturated carbocycles. The molecule has 0 bridgehead atoms. The molecule has 7 nitrogen and oxygen atoms in total. The SMILES string of the molecule is C=CCOc1cc(Br)c(/C=C2/SC(=O)N([C@H](C)C(=O)OCC)C2=O)cc1OCC. The van der Waals surface area contributed by atoms with Gasteiger partial charge >= 0.3 is 5.97 Å². The number of halogens is 1. The lowest BCUT2D eigenvalue weighted by atomic mass is 10.1. The van der Waals surface area contributed by atoms with E-state index in [1.807, 2.05) is 6.92 Å². The lowest BCUT2D eigenvalue weighted by Gasteiger charge is -2.19. The number of carbonyl (C=O) groups is 3. The van der Waals surface area contributed by atoms with Gasteiger partial charge in [-0.3, -0.25) is 14.5 Å². The molecule has 1 aromatic rings. The Morgan fingerprint density at radius 1 is 1.24 bits per heavy atom. The number of thioether (sulfide) groups is 1. The molecule has 1 aliphatic rings. The Morgan fingerprint density at radius 3 is 2.55 bits per heavy atom. The van der Waals surface area contributed by atoms with Gasteiger partial charge in [-0.1, -0.05) is 28.6 Å². The zero-order chi connectivity index (χ0) is 21.6. The molecule has 29 heavy (non-hydrogen) atoms. The fraction of sp³-hybridized carbons (Fsp3) is 0.350. The zero-order valence-corrected chi connectivity index (χ0v) is 18.8. The molecule has 1 aliphatic heterocycles. The van der Waals surface area contributed by atoms with Gasteiger partial charge in [0.1, 0.15) is 12.6 Å². The molecule has 2 rings (SSSR count). The highest BCUT2D eigenvalue weighted by molar-refractivity contribution is 9.10. The molecule has 1 heterocycles. The van der Waals surface area contributed by atoms with Gasteiger partial charge in [-0.05, 0) is 56.3 Å². The van der Waals surface area contributed by atoms with Gasteiger partial charge in [0.15, 0.2) is 11.5 Å². The summed E-state index contributed by atoms with van der Waals surface area (Å²) in [5.74, 6) is -0.139. The molecule has 1 atom stereocenters. The van der Waals surface area contributed by atoms with Crippen LogP contribution < -0.4 is 9.47 Å². The molecule has 2 amide bonds. The lowest BCUT2D eigenvalue weighted by molar-refractivity contribution is -0.150. The Morgan fingerprint density at radius 2 is 1.93 bits per heavy atom. The smallest absolute Gasteiger partial charge is 0.329 e. The van der Waals surface area contributed by atoms with Crippen molar-refractivity contribution >= 4 is 50.9 Å². The fourth-order valence-electron chi connectivity index (χ4n) is 2.51. The summed E-state index contributed by atoms with van der Waals surface area (Å²) in [7, 11) is 0. The van der Waals surface area contributed by atoms with Crippen LogP contribution in [0.2, 0.25) is 0 Å². The van der Waals surface area contributed by atoms with Crippen LogP contribution in [0, 0.1) is 0 Å². The van der Waals surface area contributed by atoms with Crippen molar-refractivity contribution in [2.24, 2.45) is 0 Å². The monoisotopic (exact) mass is 483 g/mol. The first-order valence-corrected chi connectivity index (χ1v) is 10.6. The first-order chi connectivity index (χ1) is 13.8. The highest BCUT2D eigenvalue weighted by atomic mass is 79.9. The van der Waals surface area contributed by atoms with E-state index in [0.29, 0.717) is 34.7 Å². The number of amides is 2. The minimum absolute atomic E-state index is 0.169. The predicted octanol–water partition coefficient (Wildman–Crippen LogP) is 4.40. The molecule has 156 valence electrons. The van der Waals surface area contributed by atoms with Crippen molar-refractivity contribution in [1.82, 2.24) is 4.90 Å². The van der Waals surface area contributed by atoms with Crippen molar-refractivity contribution in [3.63, 3.8) is 0 Å². The van der Waals surface area contributed by atoms with Gasteiger partial charge in [-0.25, -0.2) is 4.79 Å². The number of carbonyl (C=O) groups excluding carboxylic acids is 3. The molecule has 9 heteroatoms. The van der Waals surface area contributed by atoms with Gasteiger partial charge in [-0.15, -0.1) is 0 Å². The Labute approximate surface area is 182 Å². The van der Waals surface area contributed by atoms with Crippen molar-refractivity contribution in [2.75, 3.05) is 19.8 Å². The zero-order valence-electron chi connectivity index (χ0n) is 16.4. The molecule has 0 unspecified atom stereocenters. The maximum Gasteiger partial charge on any atom is 0.329 e. The van der Waals surface area contributed by atoms with Crippen molar-refractivity contribution in [1.29, 1.82) is 0 Å². The van der Waals surface area contributed by atoms with Crippen LogP contribution in [0.5, 0.6) is 11.5 Å². The summed E-state index contributed by atoms with van der Waals surface area (Å²) < 4.78 is 16.8.